The molecule has 0 aliphatic heterocycles. The van der Waals surface area contributed by atoms with Crippen molar-refractivity contribution in [2.24, 2.45) is 5.10 Å². The molecule has 0 saturated heterocycles. The van der Waals surface area contributed by atoms with Crippen molar-refractivity contribution in [3.63, 3.8) is 0 Å². The van der Waals surface area contributed by atoms with Gasteiger partial charge in [0, 0.05) is 23.1 Å². The van der Waals surface area contributed by atoms with Crippen LogP contribution in [-0.2, 0) is 0 Å². The number of nitro groups is 1. The molecule has 0 aliphatic carbocycles. The van der Waals surface area contributed by atoms with Gasteiger partial charge in [-0.3, -0.25) is 14.9 Å². The zero-order valence-electron chi connectivity index (χ0n) is 15.2. The summed E-state index contributed by atoms with van der Waals surface area (Å²) in [5.41, 5.74) is 5.76. The van der Waals surface area contributed by atoms with Crippen LogP contribution in [0.2, 0.25) is 5.02 Å². The highest BCUT2D eigenvalue weighted by Gasteiger charge is 2.13. The SMILES string of the molecule is Cc1ccc(C)n1-c1ccc(C(=O)N/N=C\c2ccccc2[N+](=O)[O-])c(Cl)c1. The number of para-hydroxylation sites is 1. The Bertz CT molecular complexity index is 1070. The van der Waals surface area contributed by atoms with Crippen molar-refractivity contribution in [3.8, 4) is 5.69 Å². The van der Waals surface area contributed by atoms with Crippen LogP contribution in [-0.4, -0.2) is 21.6 Å². The normalized spacial score (nSPS) is 11.0. The van der Waals surface area contributed by atoms with Crippen molar-refractivity contribution in [1.29, 1.82) is 0 Å². The van der Waals surface area contributed by atoms with Gasteiger partial charge < -0.3 is 4.57 Å². The Morgan fingerprint density at radius 2 is 1.82 bits per heavy atom. The van der Waals surface area contributed by atoms with E-state index < -0.39 is 10.8 Å². The first-order chi connectivity index (χ1) is 13.4. The maximum atomic E-state index is 12.4. The minimum absolute atomic E-state index is 0.0969. The molecule has 1 aromatic heterocycles. The van der Waals surface area contributed by atoms with Crippen LogP contribution in [0.3, 0.4) is 0 Å². The summed E-state index contributed by atoms with van der Waals surface area (Å²) in [6, 6.07) is 15.2. The zero-order chi connectivity index (χ0) is 20.3. The van der Waals surface area contributed by atoms with Gasteiger partial charge in [0.05, 0.1) is 27.3 Å². The van der Waals surface area contributed by atoms with Gasteiger partial charge in [-0.05, 0) is 50.2 Å². The number of benzene rings is 2. The smallest absolute Gasteiger partial charge is 0.278 e. The number of amides is 1. The average Bonchev–Trinajstić information content (AvgIpc) is 3.00. The Hall–Kier alpha value is -3.45. The summed E-state index contributed by atoms with van der Waals surface area (Å²) < 4.78 is 2.03. The summed E-state index contributed by atoms with van der Waals surface area (Å²) in [4.78, 5) is 22.8. The third-order valence-corrected chi connectivity index (χ3v) is 4.54. The monoisotopic (exact) mass is 396 g/mol. The van der Waals surface area contributed by atoms with Crippen LogP contribution in [0.4, 0.5) is 5.69 Å². The number of carbonyl (C=O) groups is 1. The molecule has 8 heteroatoms. The highest BCUT2D eigenvalue weighted by atomic mass is 35.5. The van der Waals surface area contributed by atoms with E-state index in [9.17, 15) is 14.9 Å². The lowest BCUT2D eigenvalue weighted by molar-refractivity contribution is -0.385. The highest BCUT2D eigenvalue weighted by molar-refractivity contribution is 6.34. The molecule has 142 valence electrons. The standard InChI is InChI=1S/C20H17ClN4O3/c1-13-7-8-14(2)24(13)16-9-10-17(18(21)11-16)20(26)23-22-12-15-5-3-4-6-19(15)25(27)28/h3-12H,1-2H3,(H,23,26)/b22-12-. The first kappa shape index (κ1) is 19.3. The number of rotatable bonds is 5. The fourth-order valence-corrected chi connectivity index (χ4v) is 3.15. The van der Waals surface area contributed by atoms with E-state index in [4.69, 9.17) is 11.6 Å². The Balaban J connectivity index is 1.78. The summed E-state index contributed by atoms with van der Waals surface area (Å²) in [7, 11) is 0. The topological polar surface area (TPSA) is 89.5 Å². The number of hydrogen-bond acceptors (Lipinski definition) is 4. The summed E-state index contributed by atoms with van der Waals surface area (Å²) >= 11 is 6.29. The molecule has 0 fully saturated rings. The minimum Gasteiger partial charge on any atom is -0.318 e. The van der Waals surface area contributed by atoms with Gasteiger partial charge in [0.15, 0.2) is 0 Å². The fourth-order valence-electron chi connectivity index (χ4n) is 2.89. The second-order valence-electron chi connectivity index (χ2n) is 6.13. The second kappa shape index (κ2) is 8.06. The summed E-state index contributed by atoms with van der Waals surface area (Å²) in [5, 5.41) is 15.1. The summed E-state index contributed by atoms with van der Waals surface area (Å²) in [5.74, 6) is -0.507. The molecular weight excluding hydrogens is 380 g/mol. The van der Waals surface area contributed by atoms with Gasteiger partial charge in [-0.1, -0.05) is 23.7 Å². The number of aryl methyl sites for hydroxylation is 2. The van der Waals surface area contributed by atoms with Crippen LogP contribution in [0.15, 0.2) is 59.7 Å². The van der Waals surface area contributed by atoms with Crippen molar-refractivity contribution < 1.29 is 9.72 Å². The molecule has 0 atom stereocenters. The third-order valence-electron chi connectivity index (χ3n) is 4.23. The quantitative estimate of drug-likeness (QED) is 0.393. The van der Waals surface area contributed by atoms with Crippen LogP contribution in [0.5, 0.6) is 0 Å². The molecule has 0 spiro atoms. The van der Waals surface area contributed by atoms with Gasteiger partial charge in [0.1, 0.15) is 0 Å². The molecule has 28 heavy (non-hydrogen) atoms. The van der Waals surface area contributed by atoms with E-state index in [1.165, 1.54) is 18.3 Å². The molecule has 0 saturated carbocycles. The molecule has 1 N–H and O–H groups in total. The van der Waals surface area contributed by atoms with E-state index in [0.29, 0.717) is 0 Å². The molecule has 1 amide bonds. The predicted molar refractivity (Wildman–Crippen MR) is 108 cm³/mol. The molecule has 7 nitrogen and oxygen atoms in total. The Labute approximate surface area is 166 Å². The van der Waals surface area contributed by atoms with E-state index >= 15 is 0 Å². The van der Waals surface area contributed by atoms with E-state index in [-0.39, 0.29) is 21.8 Å². The Morgan fingerprint density at radius 1 is 1.14 bits per heavy atom. The summed E-state index contributed by atoms with van der Waals surface area (Å²) in [6.07, 6.45) is 1.23. The highest BCUT2D eigenvalue weighted by Crippen LogP contribution is 2.23. The van der Waals surface area contributed by atoms with Crippen molar-refractivity contribution in [3.05, 3.63) is 92.2 Å². The molecule has 3 rings (SSSR count). The lowest BCUT2D eigenvalue weighted by Crippen LogP contribution is -2.18. The van der Waals surface area contributed by atoms with E-state index in [1.807, 2.05) is 30.5 Å². The first-order valence-corrected chi connectivity index (χ1v) is 8.78. The van der Waals surface area contributed by atoms with Gasteiger partial charge in [-0.2, -0.15) is 5.10 Å². The van der Waals surface area contributed by atoms with E-state index in [1.54, 1.807) is 30.3 Å². The van der Waals surface area contributed by atoms with Gasteiger partial charge >= 0.3 is 0 Å². The van der Waals surface area contributed by atoms with Gasteiger partial charge in [-0.15, -0.1) is 0 Å². The number of halogens is 1. The van der Waals surface area contributed by atoms with Gasteiger partial charge in [-0.25, -0.2) is 5.43 Å². The van der Waals surface area contributed by atoms with Crippen LogP contribution in [0.1, 0.15) is 27.3 Å². The number of hydrazone groups is 1. The number of hydrogen-bond donors (Lipinski definition) is 1. The second-order valence-corrected chi connectivity index (χ2v) is 6.54. The van der Waals surface area contributed by atoms with Gasteiger partial charge in [0.25, 0.3) is 11.6 Å². The lowest BCUT2D eigenvalue weighted by atomic mass is 10.2. The number of nitrogens with zero attached hydrogens (tertiary/aromatic N) is 3. The molecule has 0 radical (unpaired) electrons. The largest absolute Gasteiger partial charge is 0.318 e. The van der Waals surface area contributed by atoms with E-state index in [0.717, 1.165) is 17.1 Å². The molecule has 3 aromatic rings. The van der Waals surface area contributed by atoms with E-state index in [2.05, 4.69) is 10.5 Å². The molecule has 1 heterocycles. The van der Waals surface area contributed by atoms with Crippen LogP contribution in [0.25, 0.3) is 5.69 Å². The predicted octanol–water partition coefficient (Wildman–Crippen LogP) is 4.42. The molecule has 0 bridgehead atoms. The Morgan fingerprint density at radius 3 is 2.46 bits per heavy atom. The summed E-state index contributed by atoms with van der Waals surface area (Å²) in [6.45, 7) is 3.97. The maximum absolute atomic E-state index is 12.4. The third kappa shape index (κ3) is 3.94. The van der Waals surface area contributed by atoms with Crippen molar-refractivity contribution in [1.82, 2.24) is 9.99 Å². The first-order valence-electron chi connectivity index (χ1n) is 8.40. The van der Waals surface area contributed by atoms with Crippen LogP contribution >= 0.6 is 11.6 Å². The molecule has 0 aliphatic rings. The zero-order valence-corrected chi connectivity index (χ0v) is 16.0. The Kier molecular flexibility index (Phi) is 5.56. The van der Waals surface area contributed by atoms with Crippen molar-refractivity contribution in [2.45, 2.75) is 13.8 Å². The van der Waals surface area contributed by atoms with Gasteiger partial charge in [0.2, 0.25) is 0 Å². The van der Waals surface area contributed by atoms with Crippen LogP contribution < -0.4 is 5.43 Å². The average molecular weight is 397 g/mol. The van der Waals surface area contributed by atoms with Crippen molar-refractivity contribution in [2.75, 3.05) is 0 Å². The van der Waals surface area contributed by atoms with Crippen molar-refractivity contribution >= 4 is 29.4 Å². The lowest BCUT2D eigenvalue weighted by Gasteiger charge is -2.11. The number of carbonyl (C=O) groups excluding carboxylic acids is 1. The molecule has 2 aromatic carbocycles. The maximum Gasteiger partial charge on any atom is 0.278 e. The number of nitro benzene ring substituents is 1. The number of nitrogens with one attached hydrogen (secondary N) is 1. The van der Waals surface area contributed by atoms with Crippen LogP contribution in [0, 0.1) is 24.0 Å². The number of aromatic nitrogens is 1. The minimum atomic E-state index is -0.510. The molecular formula is C20H17ClN4O3. The fraction of sp³-hybridized carbons (Fsp3) is 0.100. The molecule has 0 unspecified atom stereocenters.